The van der Waals surface area contributed by atoms with Gasteiger partial charge in [-0.25, -0.2) is 0 Å². The van der Waals surface area contributed by atoms with Crippen LogP contribution in [0.3, 0.4) is 0 Å². The molecule has 3 unspecified atom stereocenters. The van der Waals surface area contributed by atoms with Crippen molar-refractivity contribution in [3.63, 3.8) is 0 Å². The maximum Gasteiger partial charge on any atom is 0.226 e. The normalized spacial score (nSPS) is 23.7. The fraction of sp³-hybridized carbons (Fsp3) is 0.491. The third kappa shape index (κ3) is 7.11. The van der Waals surface area contributed by atoms with Gasteiger partial charge in [-0.15, -0.1) is 0 Å². The minimum absolute atomic E-state index is 0.0687. The summed E-state index contributed by atoms with van der Waals surface area (Å²) < 4.78 is 0. The van der Waals surface area contributed by atoms with Gasteiger partial charge in [-0.3, -0.25) is 0 Å². The summed E-state index contributed by atoms with van der Waals surface area (Å²) in [4.78, 5) is 5.63. The predicted octanol–water partition coefficient (Wildman–Crippen LogP) is 14.4. The van der Waals surface area contributed by atoms with Gasteiger partial charge in [0.1, 0.15) is 0 Å². The van der Waals surface area contributed by atoms with Crippen molar-refractivity contribution in [2.45, 2.75) is 146 Å². The summed E-state index contributed by atoms with van der Waals surface area (Å²) in [7, 11) is 0. The smallest absolute Gasteiger partial charge is 0.226 e. The van der Waals surface area contributed by atoms with E-state index in [-0.39, 0.29) is 33.1 Å². The van der Waals surface area contributed by atoms with Crippen LogP contribution >= 0.6 is 0 Å². The molecule has 3 atom stereocenters. The molecule has 0 saturated carbocycles. The molecule has 0 bridgehead atoms. The molecule has 2 aliphatic heterocycles. The molecule has 58 heavy (non-hydrogen) atoms. The quantitative estimate of drug-likeness (QED) is 0.286. The Morgan fingerprint density at radius 1 is 0.655 bits per heavy atom. The summed E-state index contributed by atoms with van der Waals surface area (Å²) in [6.45, 7) is 33.8. The lowest BCUT2D eigenvalue weighted by Gasteiger charge is -2.53. The second kappa shape index (κ2) is 14.1. The van der Waals surface area contributed by atoms with Crippen LogP contribution in [0.1, 0.15) is 140 Å². The molecule has 2 aromatic rings. The largest absolute Gasteiger partial charge is 0.339 e. The molecule has 0 radical (unpaired) electrons. The second-order valence-corrected chi connectivity index (χ2v) is 23.0. The highest BCUT2D eigenvalue weighted by Crippen LogP contribution is 2.55. The van der Waals surface area contributed by atoms with Crippen LogP contribution in [0.5, 0.6) is 0 Å². The zero-order chi connectivity index (χ0) is 41.7. The van der Waals surface area contributed by atoms with Crippen LogP contribution < -0.4 is 15.3 Å². The van der Waals surface area contributed by atoms with E-state index in [0.29, 0.717) is 18.4 Å². The standard InChI is InChI=1S/C55H71BN2/c1-51(2,3)36-20-26-42(27-21-36)57-46-32-39(53(7,8)9)24-30-44(46)56-45-31-25-40(54(10,11)12)33-47(45)58(43-28-22-37(23-29-43)52(4,5)6)49-35-41(34-48(57)50(49)56)55(13,14)38-18-16-15-17-19-38/h15-22,24-26,28,31-32,34-35,40,42,44H,23,27,29-30,33H2,1-14H3. The predicted molar refractivity (Wildman–Crippen MR) is 253 cm³/mol. The topological polar surface area (TPSA) is 6.48 Å². The summed E-state index contributed by atoms with van der Waals surface area (Å²) in [5.74, 6) is 0.830. The number of benzene rings is 2. The van der Waals surface area contributed by atoms with Crippen molar-refractivity contribution in [2.75, 3.05) is 9.80 Å². The first-order valence-electron chi connectivity index (χ1n) is 22.5. The Labute approximate surface area is 353 Å². The van der Waals surface area contributed by atoms with Crippen LogP contribution in [0, 0.1) is 27.6 Å². The fourth-order valence-electron chi connectivity index (χ4n) is 10.6. The van der Waals surface area contributed by atoms with E-state index in [2.05, 4.69) is 204 Å². The van der Waals surface area contributed by atoms with E-state index in [1.54, 1.807) is 11.0 Å². The lowest BCUT2D eigenvalue weighted by atomic mass is 9.28. The number of fused-ring (bicyclic) bond motifs is 3. The number of hydrogen-bond donors (Lipinski definition) is 0. The Morgan fingerprint density at radius 2 is 1.33 bits per heavy atom. The molecular weight excluding hydrogens is 699 g/mol. The Bertz CT molecular complexity index is 2240. The van der Waals surface area contributed by atoms with E-state index in [4.69, 9.17) is 0 Å². The molecular formula is C55H71BN2. The van der Waals surface area contributed by atoms with E-state index in [0.717, 1.165) is 32.1 Å². The SMILES string of the molecule is CC(C)(C)C1=CCC2B3C4=C(CC(C(C)(C)C)C=C4)N(C4=CC=C(C(C)(C)C)CC4)c4cc(C(C)(C)c5ccccc5)cc(c43)N(C3C=CC(C(C)(C)C)=CC3)C2=C1. The van der Waals surface area contributed by atoms with Crippen molar-refractivity contribution in [1.29, 1.82) is 0 Å². The highest BCUT2D eigenvalue weighted by Gasteiger charge is 2.51. The molecule has 2 nitrogen and oxygen atoms in total. The molecule has 2 aromatic carbocycles. The molecule has 0 N–H and O–H groups in total. The van der Waals surface area contributed by atoms with Gasteiger partial charge < -0.3 is 9.80 Å². The molecule has 0 aromatic heterocycles. The summed E-state index contributed by atoms with van der Waals surface area (Å²) in [6, 6.07) is 16.7. The molecule has 0 amide bonds. The molecule has 0 fully saturated rings. The molecule has 2 heterocycles. The minimum Gasteiger partial charge on any atom is -0.339 e. The fourth-order valence-corrected chi connectivity index (χ4v) is 10.6. The second-order valence-electron chi connectivity index (χ2n) is 23.0. The molecule has 0 spiro atoms. The third-order valence-electron chi connectivity index (χ3n) is 14.6. The van der Waals surface area contributed by atoms with Crippen molar-refractivity contribution < 1.29 is 0 Å². The first-order chi connectivity index (χ1) is 27.0. The van der Waals surface area contributed by atoms with Crippen LogP contribution in [-0.2, 0) is 5.41 Å². The van der Waals surface area contributed by atoms with E-state index in [9.17, 15) is 0 Å². The van der Waals surface area contributed by atoms with Gasteiger partial charge in [0.25, 0.3) is 0 Å². The van der Waals surface area contributed by atoms with Gasteiger partial charge in [0.2, 0.25) is 6.71 Å². The summed E-state index contributed by atoms with van der Waals surface area (Å²) in [5.41, 5.74) is 17.9. The Morgan fingerprint density at radius 3 is 1.91 bits per heavy atom. The number of nitrogens with zero attached hydrogens (tertiary/aromatic N) is 2. The van der Waals surface area contributed by atoms with E-state index >= 15 is 0 Å². The van der Waals surface area contributed by atoms with Gasteiger partial charge in [-0.2, -0.15) is 0 Å². The maximum absolute atomic E-state index is 2.83. The zero-order valence-corrected chi connectivity index (χ0v) is 38.5. The molecule has 8 rings (SSSR count). The van der Waals surface area contributed by atoms with Crippen molar-refractivity contribution in [3.05, 3.63) is 148 Å². The van der Waals surface area contributed by atoms with Crippen LogP contribution in [0.2, 0.25) is 5.82 Å². The van der Waals surface area contributed by atoms with Gasteiger partial charge in [0.05, 0.1) is 6.04 Å². The molecule has 4 aliphatic carbocycles. The summed E-state index contributed by atoms with van der Waals surface area (Å²) >= 11 is 0. The van der Waals surface area contributed by atoms with Crippen molar-refractivity contribution in [1.82, 2.24) is 0 Å². The van der Waals surface area contributed by atoms with Gasteiger partial charge in [0, 0.05) is 33.9 Å². The highest BCUT2D eigenvalue weighted by molar-refractivity contribution is 6.86. The third-order valence-corrected chi connectivity index (χ3v) is 14.6. The number of hydrogen-bond acceptors (Lipinski definition) is 2. The Balaban J connectivity index is 1.43. The Hall–Kier alpha value is -3.98. The van der Waals surface area contributed by atoms with E-state index in [1.807, 2.05) is 0 Å². The van der Waals surface area contributed by atoms with Crippen LogP contribution in [-0.4, -0.2) is 12.8 Å². The van der Waals surface area contributed by atoms with Crippen LogP contribution in [0.15, 0.2) is 136 Å². The van der Waals surface area contributed by atoms with Gasteiger partial charge >= 0.3 is 0 Å². The summed E-state index contributed by atoms with van der Waals surface area (Å²) in [5, 5.41) is 0. The average Bonchev–Trinajstić information content (AvgIpc) is 3.16. The lowest BCUT2D eigenvalue weighted by molar-refractivity contribution is 0.287. The summed E-state index contributed by atoms with van der Waals surface area (Å²) in [6.07, 6.45) is 28.2. The minimum atomic E-state index is -0.203. The van der Waals surface area contributed by atoms with Crippen molar-refractivity contribution in [2.24, 2.45) is 27.6 Å². The van der Waals surface area contributed by atoms with E-state index in [1.165, 1.54) is 56.2 Å². The number of rotatable bonds is 4. The average molecular weight is 771 g/mol. The first kappa shape index (κ1) is 40.8. The zero-order valence-electron chi connectivity index (χ0n) is 38.5. The molecule has 0 saturated heterocycles. The van der Waals surface area contributed by atoms with Crippen molar-refractivity contribution in [3.8, 4) is 0 Å². The monoisotopic (exact) mass is 771 g/mol. The molecule has 6 aliphatic rings. The maximum atomic E-state index is 2.83. The number of allylic oxidation sites excluding steroid dienone is 14. The van der Waals surface area contributed by atoms with Crippen LogP contribution in [0.4, 0.5) is 11.4 Å². The molecule has 304 valence electrons. The van der Waals surface area contributed by atoms with Crippen molar-refractivity contribution >= 4 is 23.6 Å². The van der Waals surface area contributed by atoms with E-state index < -0.39 is 0 Å². The van der Waals surface area contributed by atoms with Gasteiger partial charge in [0.15, 0.2) is 0 Å². The highest BCUT2D eigenvalue weighted by atomic mass is 15.2. The number of anilines is 2. The van der Waals surface area contributed by atoms with Gasteiger partial charge in [-0.1, -0.05) is 181 Å². The van der Waals surface area contributed by atoms with Gasteiger partial charge in [-0.05, 0) is 118 Å². The Kier molecular flexibility index (Phi) is 9.89. The molecule has 3 heteroatoms. The first-order valence-corrected chi connectivity index (χ1v) is 22.5. The van der Waals surface area contributed by atoms with Crippen LogP contribution in [0.25, 0.3) is 0 Å². The lowest BCUT2D eigenvalue weighted by Crippen LogP contribution is -2.57.